The van der Waals surface area contributed by atoms with E-state index in [0.717, 1.165) is 12.3 Å². The molecule has 0 heterocycles. The highest BCUT2D eigenvalue weighted by molar-refractivity contribution is 5.39. The van der Waals surface area contributed by atoms with Crippen LogP contribution in [0.15, 0.2) is 24.3 Å². The molecule has 1 rings (SSSR count). The van der Waals surface area contributed by atoms with Gasteiger partial charge in [-0.25, -0.2) is 0 Å². The van der Waals surface area contributed by atoms with Gasteiger partial charge < -0.3 is 10.5 Å². The summed E-state index contributed by atoms with van der Waals surface area (Å²) in [5, 5.41) is 0. The summed E-state index contributed by atoms with van der Waals surface area (Å²) >= 11 is 0. The lowest BCUT2D eigenvalue weighted by molar-refractivity contribution is 0.116. The third-order valence-electron chi connectivity index (χ3n) is 2.89. The van der Waals surface area contributed by atoms with Gasteiger partial charge in [0.2, 0.25) is 0 Å². The fourth-order valence-corrected chi connectivity index (χ4v) is 1.79. The molecule has 0 bridgehead atoms. The van der Waals surface area contributed by atoms with E-state index >= 15 is 0 Å². The average Bonchev–Trinajstić information content (AvgIpc) is 2.35. The molecule has 0 aliphatic carbocycles. The Hall–Kier alpha value is -1.02. The number of hydrogen-bond acceptors (Lipinski definition) is 2. The second-order valence-electron chi connectivity index (χ2n) is 4.56. The number of rotatable bonds is 9. The van der Waals surface area contributed by atoms with Crippen molar-refractivity contribution in [3.8, 4) is 0 Å². The van der Waals surface area contributed by atoms with Crippen LogP contribution in [0, 0.1) is 0 Å². The minimum Gasteiger partial charge on any atom is -0.399 e. The first kappa shape index (κ1) is 14.0. The first-order valence-electron chi connectivity index (χ1n) is 6.75. The van der Waals surface area contributed by atoms with Crippen molar-refractivity contribution in [2.24, 2.45) is 0 Å². The Kier molecular flexibility index (Phi) is 7.48. The van der Waals surface area contributed by atoms with E-state index in [1.165, 1.54) is 44.1 Å². The van der Waals surface area contributed by atoms with E-state index in [-0.39, 0.29) is 0 Å². The van der Waals surface area contributed by atoms with Crippen molar-refractivity contribution in [3.63, 3.8) is 0 Å². The van der Waals surface area contributed by atoms with Crippen molar-refractivity contribution in [1.82, 2.24) is 0 Å². The van der Waals surface area contributed by atoms with E-state index in [1.807, 2.05) is 24.3 Å². The third-order valence-corrected chi connectivity index (χ3v) is 2.89. The van der Waals surface area contributed by atoms with Gasteiger partial charge in [-0.05, 0) is 24.1 Å². The van der Waals surface area contributed by atoms with Crippen LogP contribution in [0.1, 0.15) is 51.0 Å². The number of benzene rings is 1. The molecule has 17 heavy (non-hydrogen) atoms. The van der Waals surface area contributed by atoms with Crippen LogP contribution in [-0.2, 0) is 11.3 Å². The van der Waals surface area contributed by atoms with Crippen LogP contribution in [0.5, 0.6) is 0 Å². The first-order valence-corrected chi connectivity index (χ1v) is 6.75. The van der Waals surface area contributed by atoms with Crippen molar-refractivity contribution in [1.29, 1.82) is 0 Å². The lowest BCUT2D eigenvalue weighted by Crippen LogP contribution is -1.96. The first-order chi connectivity index (χ1) is 8.33. The Morgan fingerprint density at radius 3 is 2.29 bits per heavy atom. The largest absolute Gasteiger partial charge is 0.399 e. The van der Waals surface area contributed by atoms with Crippen molar-refractivity contribution < 1.29 is 4.74 Å². The standard InChI is InChI=1S/C15H25NO/c1-2-3-4-5-6-7-12-17-13-14-8-10-15(16)11-9-14/h8-11H,2-7,12-13,16H2,1H3. The zero-order valence-corrected chi connectivity index (χ0v) is 11.0. The molecule has 0 saturated heterocycles. The van der Waals surface area contributed by atoms with Crippen LogP contribution in [0.25, 0.3) is 0 Å². The lowest BCUT2D eigenvalue weighted by Gasteiger charge is -2.05. The molecule has 0 aliphatic rings. The van der Waals surface area contributed by atoms with Gasteiger partial charge in [0.25, 0.3) is 0 Å². The zero-order valence-electron chi connectivity index (χ0n) is 11.0. The van der Waals surface area contributed by atoms with Gasteiger partial charge in [0.15, 0.2) is 0 Å². The van der Waals surface area contributed by atoms with Crippen molar-refractivity contribution in [2.45, 2.75) is 52.1 Å². The zero-order chi connectivity index (χ0) is 12.3. The van der Waals surface area contributed by atoms with Crippen LogP contribution in [0.2, 0.25) is 0 Å². The summed E-state index contributed by atoms with van der Waals surface area (Å²) < 4.78 is 5.63. The van der Waals surface area contributed by atoms with E-state index in [1.54, 1.807) is 0 Å². The second-order valence-corrected chi connectivity index (χ2v) is 4.56. The van der Waals surface area contributed by atoms with Crippen molar-refractivity contribution in [3.05, 3.63) is 29.8 Å². The predicted molar refractivity (Wildman–Crippen MR) is 73.9 cm³/mol. The molecule has 0 amide bonds. The van der Waals surface area contributed by atoms with Crippen LogP contribution in [0.4, 0.5) is 5.69 Å². The van der Waals surface area contributed by atoms with Crippen LogP contribution in [0.3, 0.4) is 0 Å². The third kappa shape index (κ3) is 7.01. The minimum atomic E-state index is 0.704. The smallest absolute Gasteiger partial charge is 0.0716 e. The number of nitrogens with two attached hydrogens (primary N) is 1. The Labute approximate surface area is 105 Å². The van der Waals surface area contributed by atoms with Gasteiger partial charge >= 0.3 is 0 Å². The Morgan fingerprint density at radius 1 is 0.941 bits per heavy atom. The maximum atomic E-state index is 5.63. The topological polar surface area (TPSA) is 35.2 Å². The van der Waals surface area contributed by atoms with E-state index in [0.29, 0.717) is 6.61 Å². The molecule has 0 spiro atoms. The molecular formula is C15H25NO. The van der Waals surface area contributed by atoms with Crippen LogP contribution in [-0.4, -0.2) is 6.61 Å². The van der Waals surface area contributed by atoms with Gasteiger partial charge in [-0.3, -0.25) is 0 Å². The van der Waals surface area contributed by atoms with Gasteiger partial charge in [0, 0.05) is 12.3 Å². The van der Waals surface area contributed by atoms with Gasteiger partial charge in [0.1, 0.15) is 0 Å². The summed E-state index contributed by atoms with van der Waals surface area (Å²) in [5.41, 5.74) is 7.63. The normalized spacial score (nSPS) is 10.6. The molecule has 0 fully saturated rings. The van der Waals surface area contributed by atoms with E-state index in [4.69, 9.17) is 10.5 Å². The van der Waals surface area contributed by atoms with E-state index < -0.39 is 0 Å². The minimum absolute atomic E-state index is 0.704. The number of nitrogen functional groups attached to an aromatic ring is 1. The molecule has 0 unspecified atom stereocenters. The summed E-state index contributed by atoms with van der Waals surface area (Å²) in [6.45, 7) is 3.82. The summed E-state index contributed by atoms with van der Waals surface area (Å²) in [4.78, 5) is 0. The highest BCUT2D eigenvalue weighted by Crippen LogP contribution is 2.08. The molecule has 2 N–H and O–H groups in total. The molecule has 0 atom stereocenters. The number of hydrogen-bond donors (Lipinski definition) is 1. The lowest BCUT2D eigenvalue weighted by atomic mass is 10.1. The SMILES string of the molecule is CCCCCCCCOCc1ccc(N)cc1. The fraction of sp³-hybridized carbons (Fsp3) is 0.600. The number of unbranched alkanes of at least 4 members (excludes halogenated alkanes) is 5. The van der Waals surface area contributed by atoms with Gasteiger partial charge in [-0.2, -0.15) is 0 Å². The molecular weight excluding hydrogens is 210 g/mol. The second kappa shape index (κ2) is 9.06. The molecule has 96 valence electrons. The van der Waals surface area contributed by atoms with Gasteiger partial charge in [-0.1, -0.05) is 51.2 Å². The predicted octanol–water partition coefficient (Wildman–Crippen LogP) is 4.15. The fourth-order valence-electron chi connectivity index (χ4n) is 1.79. The highest BCUT2D eigenvalue weighted by Gasteiger charge is 1.94. The van der Waals surface area contributed by atoms with Gasteiger partial charge in [-0.15, -0.1) is 0 Å². The molecule has 2 nitrogen and oxygen atoms in total. The molecule has 0 radical (unpaired) electrons. The molecule has 1 aromatic rings. The summed E-state index contributed by atoms with van der Waals surface area (Å²) in [5.74, 6) is 0. The summed E-state index contributed by atoms with van der Waals surface area (Å²) in [6.07, 6.45) is 7.87. The van der Waals surface area contributed by atoms with Crippen LogP contribution >= 0.6 is 0 Å². The molecule has 2 heteroatoms. The average molecular weight is 235 g/mol. The van der Waals surface area contributed by atoms with E-state index in [2.05, 4.69) is 6.92 Å². The Bertz CT molecular complexity index is 281. The van der Waals surface area contributed by atoms with Crippen LogP contribution < -0.4 is 5.73 Å². The Morgan fingerprint density at radius 2 is 1.59 bits per heavy atom. The van der Waals surface area contributed by atoms with Crippen molar-refractivity contribution in [2.75, 3.05) is 12.3 Å². The monoisotopic (exact) mass is 235 g/mol. The van der Waals surface area contributed by atoms with Gasteiger partial charge in [0.05, 0.1) is 6.61 Å². The molecule has 0 saturated carbocycles. The summed E-state index contributed by atoms with van der Waals surface area (Å²) in [7, 11) is 0. The quantitative estimate of drug-likeness (QED) is 0.515. The maximum Gasteiger partial charge on any atom is 0.0716 e. The Balaban J connectivity index is 1.95. The van der Waals surface area contributed by atoms with E-state index in [9.17, 15) is 0 Å². The maximum absolute atomic E-state index is 5.63. The molecule has 1 aromatic carbocycles. The molecule has 0 aliphatic heterocycles. The summed E-state index contributed by atoms with van der Waals surface area (Å²) in [6, 6.07) is 7.89. The number of anilines is 1. The highest BCUT2D eigenvalue weighted by atomic mass is 16.5. The number of ether oxygens (including phenoxy) is 1. The van der Waals surface area contributed by atoms with Crippen molar-refractivity contribution >= 4 is 5.69 Å². The molecule has 0 aromatic heterocycles.